The van der Waals surface area contributed by atoms with Crippen LogP contribution in [-0.2, 0) is 27.1 Å². The summed E-state index contributed by atoms with van der Waals surface area (Å²) >= 11 is 0. The molecule has 0 saturated heterocycles. The summed E-state index contributed by atoms with van der Waals surface area (Å²) in [5, 5.41) is 10.1. The van der Waals surface area contributed by atoms with Crippen molar-refractivity contribution in [1.82, 2.24) is 4.57 Å². The number of nitrogens with zero attached hydrogens (tertiary/aromatic N) is 1. The zero-order valence-electron chi connectivity index (χ0n) is 16.9. The first-order valence-electron chi connectivity index (χ1n) is 8.92. The van der Waals surface area contributed by atoms with Crippen LogP contribution in [0.1, 0.15) is 10.5 Å². The number of ether oxygens (including phenoxy) is 1. The molecule has 3 rings (SSSR count). The minimum Gasteiger partial charge on any atom is -0.506 e. The second kappa shape index (κ2) is 8.43. The fraction of sp³-hybridized carbons (Fsp3) is 0.105. The lowest BCUT2D eigenvalue weighted by Crippen LogP contribution is -2.16. The fourth-order valence-electron chi connectivity index (χ4n) is 2.83. The van der Waals surface area contributed by atoms with Crippen LogP contribution in [0.5, 0.6) is 11.5 Å². The molecule has 32 heavy (non-hydrogen) atoms. The van der Waals surface area contributed by atoms with Gasteiger partial charge in [-0.15, -0.1) is 0 Å². The average molecular weight is 481 g/mol. The van der Waals surface area contributed by atoms with E-state index in [0.717, 1.165) is 30.5 Å². The summed E-state index contributed by atoms with van der Waals surface area (Å²) in [4.78, 5) is 10.8. The van der Waals surface area contributed by atoms with Crippen LogP contribution in [0, 0.1) is 0 Å². The van der Waals surface area contributed by atoms with Gasteiger partial charge in [-0.05, 0) is 36.4 Å². The summed E-state index contributed by atoms with van der Waals surface area (Å²) in [6.45, 7) is 0. The number of nitrogens with one attached hydrogen (secondary N) is 2. The van der Waals surface area contributed by atoms with E-state index in [1.54, 1.807) is 18.2 Å². The summed E-state index contributed by atoms with van der Waals surface area (Å²) in [6.07, 6.45) is 1.16. The molecule has 3 aromatic rings. The predicted octanol–water partition coefficient (Wildman–Crippen LogP) is 1.44. The lowest BCUT2D eigenvalue weighted by molar-refractivity contribution is 0.0992. The molecule has 1 aromatic heterocycles. The number of amides is 1. The highest BCUT2D eigenvalue weighted by Gasteiger charge is 2.23. The van der Waals surface area contributed by atoms with Gasteiger partial charge in [-0.1, -0.05) is 12.1 Å². The van der Waals surface area contributed by atoms with Crippen LogP contribution in [0.3, 0.4) is 0 Å². The molecule has 0 radical (unpaired) electrons. The molecule has 5 N–H and O–H groups in total. The van der Waals surface area contributed by atoms with Gasteiger partial charge in [0.25, 0.3) is 26.0 Å². The predicted molar refractivity (Wildman–Crippen MR) is 117 cm³/mol. The Kier molecular flexibility index (Phi) is 6.05. The van der Waals surface area contributed by atoms with Crippen molar-refractivity contribution in [3.63, 3.8) is 0 Å². The topological polar surface area (TPSA) is 170 Å². The zero-order chi connectivity index (χ0) is 23.7. The number of carbonyl (C=O) groups is 1. The summed E-state index contributed by atoms with van der Waals surface area (Å²) in [5.74, 6) is -1.05. The Bertz CT molecular complexity index is 1400. The van der Waals surface area contributed by atoms with Crippen molar-refractivity contribution >= 4 is 37.3 Å². The molecule has 170 valence electrons. The maximum absolute atomic E-state index is 12.8. The number of anilines is 2. The Hall–Kier alpha value is -3.71. The highest BCUT2D eigenvalue weighted by molar-refractivity contribution is 7.93. The third-order valence-electron chi connectivity index (χ3n) is 4.42. The molecule has 1 amide bonds. The molecule has 0 aliphatic heterocycles. The summed E-state index contributed by atoms with van der Waals surface area (Å²) in [6, 6.07) is 10.5. The van der Waals surface area contributed by atoms with E-state index in [1.807, 2.05) is 0 Å². The lowest BCUT2D eigenvalue weighted by Gasteiger charge is -2.13. The van der Waals surface area contributed by atoms with Gasteiger partial charge in [0, 0.05) is 13.2 Å². The van der Waals surface area contributed by atoms with Gasteiger partial charge in [0.2, 0.25) is 0 Å². The fourth-order valence-corrected chi connectivity index (χ4v) is 5.06. The lowest BCUT2D eigenvalue weighted by atomic mass is 10.3. The molecule has 0 atom stereocenters. The number of aromatic nitrogens is 1. The van der Waals surface area contributed by atoms with E-state index in [2.05, 4.69) is 9.44 Å². The Labute approximate surface area is 184 Å². The molecule has 0 unspecified atom stereocenters. The number of phenols is 1. The van der Waals surface area contributed by atoms with Crippen molar-refractivity contribution in [2.24, 2.45) is 12.8 Å². The highest BCUT2D eigenvalue weighted by atomic mass is 32.2. The van der Waals surface area contributed by atoms with Crippen molar-refractivity contribution in [3.8, 4) is 11.5 Å². The average Bonchev–Trinajstić information content (AvgIpc) is 3.12. The van der Waals surface area contributed by atoms with Crippen molar-refractivity contribution < 1.29 is 31.5 Å². The quantitative estimate of drug-likeness (QED) is 0.353. The van der Waals surface area contributed by atoms with Gasteiger partial charge in [0.15, 0.2) is 0 Å². The van der Waals surface area contributed by atoms with Gasteiger partial charge in [-0.25, -0.2) is 16.8 Å². The molecule has 0 aliphatic rings. The van der Waals surface area contributed by atoms with Crippen LogP contribution in [-0.4, -0.2) is 39.5 Å². The van der Waals surface area contributed by atoms with Crippen molar-refractivity contribution in [2.75, 3.05) is 16.6 Å². The molecule has 0 fully saturated rings. The number of hydrogen-bond acceptors (Lipinski definition) is 7. The molecule has 2 aromatic carbocycles. The second-order valence-electron chi connectivity index (χ2n) is 6.63. The van der Waals surface area contributed by atoms with E-state index in [-0.39, 0.29) is 32.6 Å². The van der Waals surface area contributed by atoms with Crippen LogP contribution >= 0.6 is 0 Å². The second-order valence-corrected chi connectivity index (χ2v) is 9.99. The van der Waals surface area contributed by atoms with Gasteiger partial charge in [0.1, 0.15) is 22.1 Å². The number of aromatic hydroxyl groups is 1. The largest absolute Gasteiger partial charge is 0.506 e. The van der Waals surface area contributed by atoms with E-state index in [9.17, 15) is 26.7 Å². The maximum Gasteiger partial charge on any atom is 0.265 e. The number of hydrogen-bond donors (Lipinski definition) is 4. The Morgan fingerprint density at radius 1 is 0.969 bits per heavy atom. The summed E-state index contributed by atoms with van der Waals surface area (Å²) < 4.78 is 61.9. The van der Waals surface area contributed by atoms with Crippen molar-refractivity contribution in [1.29, 1.82) is 0 Å². The minimum absolute atomic E-state index is 0.0491. The first kappa shape index (κ1) is 23.0. The van der Waals surface area contributed by atoms with E-state index < -0.39 is 31.7 Å². The highest BCUT2D eigenvalue weighted by Crippen LogP contribution is 2.31. The van der Waals surface area contributed by atoms with E-state index in [0.29, 0.717) is 0 Å². The standard InChI is InChI=1S/C19H20N4O7S2/c1-23-11-13(10-16(23)19(20)25)32(28,29)22-15-9-12(7-8-17(15)24)31(26,27)21-14-5-3-4-6-18(14)30-2/h3-11,21-22,24H,1-2H3,(H2,20,25). The van der Waals surface area contributed by atoms with E-state index in [1.165, 1.54) is 24.8 Å². The van der Waals surface area contributed by atoms with Crippen molar-refractivity contribution in [2.45, 2.75) is 9.79 Å². The van der Waals surface area contributed by atoms with Crippen molar-refractivity contribution in [3.05, 3.63) is 60.4 Å². The van der Waals surface area contributed by atoms with Crippen LogP contribution in [0.2, 0.25) is 0 Å². The molecular weight excluding hydrogens is 460 g/mol. The molecule has 1 heterocycles. The number of para-hydroxylation sites is 2. The Balaban J connectivity index is 1.95. The summed E-state index contributed by atoms with van der Waals surface area (Å²) in [5.41, 5.74) is 4.95. The third kappa shape index (κ3) is 4.63. The molecule has 0 saturated carbocycles. The third-order valence-corrected chi connectivity index (χ3v) is 7.11. The summed E-state index contributed by atoms with van der Waals surface area (Å²) in [7, 11) is -5.62. The van der Waals surface area contributed by atoms with Crippen LogP contribution in [0.25, 0.3) is 0 Å². The smallest absolute Gasteiger partial charge is 0.265 e. The SMILES string of the molecule is COc1ccccc1NS(=O)(=O)c1ccc(O)c(NS(=O)(=O)c2cc(C(N)=O)n(C)c2)c1. The van der Waals surface area contributed by atoms with Gasteiger partial charge < -0.3 is 20.1 Å². The number of rotatable bonds is 8. The minimum atomic E-state index is -4.28. The number of benzene rings is 2. The normalized spacial score (nSPS) is 11.7. The number of methoxy groups -OCH3 is 1. The van der Waals surface area contributed by atoms with Gasteiger partial charge in [-0.3, -0.25) is 14.2 Å². The number of nitrogens with two attached hydrogens (primary N) is 1. The Morgan fingerprint density at radius 2 is 1.59 bits per heavy atom. The molecule has 0 spiro atoms. The number of carbonyl (C=O) groups excluding carboxylic acids is 1. The maximum atomic E-state index is 12.8. The van der Waals surface area contributed by atoms with Gasteiger partial charge >= 0.3 is 0 Å². The van der Waals surface area contributed by atoms with E-state index in [4.69, 9.17) is 10.5 Å². The monoisotopic (exact) mass is 480 g/mol. The van der Waals surface area contributed by atoms with Gasteiger partial charge in [0.05, 0.1) is 23.4 Å². The number of phenolic OH excluding ortho intramolecular Hbond substituents is 1. The molecular formula is C19H20N4O7S2. The van der Waals surface area contributed by atoms with E-state index >= 15 is 0 Å². The number of aryl methyl sites for hydroxylation is 1. The van der Waals surface area contributed by atoms with Crippen LogP contribution in [0.15, 0.2) is 64.5 Å². The Morgan fingerprint density at radius 3 is 2.22 bits per heavy atom. The molecule has 0 bridgehead atoms. The first-order chi connectivity index (χ1) is 14.9. The van der Waals surface area contributed by atoms with Gasteiger partial charge in [-0.2, -0.15) is 0 Å². The molecule has 13 heteroatoms. The first-order valence-corrected chi connectivity index (χ1v) is 11.9. The molecule has 0 aliphatic carbocycles. The zero-order valence-corrected chi connectivity index (χ0v) is 18.6. The number of sulfonamides is 2. The van der Waals surface area contributed by atoms with Crippen LogP contribution in [0.4, 0.5) is 11.4 Å². The van der Waals surface area contributed by atoms with Crippen LogP contribution < -0.4 is 19.9 Å². The molecule has 11 nitrogen and oxygen atoms in total. The number of primary amides is 1.